The number of sulfonamides is 1. The molecule has 27 heavy (non-hydrogen) atoms. The summed E-state index contributed by atoms with van der Waals surface area (Å²) in [6.07, 6.45) is 0.609. The lowest BCUT2D eigenvalue weighted by Gasteiger charge is -2.32. The van der Waals surface area contributed by atoms with Crippen LogP contribution in [0.25, 0.3) is 0 Å². The highest BCUT2D eigenvalue weighted by atomic mass is 32.2. The minimum absolute atomic E-state index is 0.155. The Labute approximate surface area is 172 Å². The Morgan fingerprint density at radius 3 is 2.67 bits per heavy atom. The van der Waals surface area contributed by atoms with Crippen LogP contribution in [0.15, 0.2) is 10.2 Å². The molecule has 1 aliphatic heterocycles. The minimum atomic E-state index is -3.33. The lowest BCUT2D eigenvalue weighted by Crippen LogP contribution is -2.50. The molecular weight excluding hydrogens is 410 g/mol. The minimum Gasteiger partial charge on any atom is -0.369 e. The number of hydrazone groups is 2. The van der Waals surface area contributed by atoms with Crippen molar-refractivity contribution in [2.45, 2.75) is 32.4 Å². The Bertz CT molecular complexity index is 654. The maximum absolute atomic E-state index is 11.9. The Kier molecular flexibility index (Phi) is 10.5. The number of morpholine rings is 1. The fraction of sp³-hybridized carbons (Fsp3) is 0.786. The summed E-state index contributed by atoms with van der Waals surface area (Å²) in [5.74, 6) is 0. The summed E-state index contributed by atoms with van der Waals surface area (Å²) in [4.78, 5) is 0. The van der Waals surface area contributed by atoms with Crippen molar-refractivity contribution in [2.75, 3.05) is 39.0 Å². The smallest absolute Gasteiger partial charge is 0.211 e. The van der Waals surface area contributed by atoms with E-state index < -0.39 is 16.1 Å². The molecule has 0 saturated carbocycles. The molecule has 0 aromatic rings. The largest absolute Gasteiger partial charge is 0.369 e. The second-order valence-electron chi connectivity index (χ2n) is 5.74. The summed E-state index contributed by atoms with van der Waals surface area (Å²) < 4.78 is 30.9. The van der Waals surface area contributed by atoms with Gasteiger partial charge in [0.1, 0.15) is 17.3 Å². The average molecular weight is 440 g/mol. The summed E-state index contributed by atoms with van der Waals surface area (Å²) in [6, 6.07) is 0. The average Bonchev–Trinajstić information content (AvgIpc) is 2.60. The van der Waals surface area contributed by atoms with Gasteiger partial charge in [-0.05, 0) is 32.6 Å². The maximum atomic E-state index is 11.9. The first kappa shape index (κ1) is 24.0. The van der Waals surface area contributed by atoms with E-state index in [1.165, 1.54) is 10.6 Å². The fourth-order valence-electron chi connectivity index (χ4n) is 2.24. The molecule has 0 amide bonds. The molecule has 156 valence electrons. The van der Waals surface area contributed by atoms with Gasteiger partial charge in [-0.2, -0.15) is 14.5 Å². The molecule has 0 aliphatic carbocycles. The normalized spacial score (nSPS) is 20.9. The molecule has 1 fully saturated rings. The van der Waals surface area contributed by atoms with Gasteiger partial charge < -0.3 is 10.1 Å². The molecule has 0 bridgehead atoms. The van der Waals surface area contributed by atoms with Crippen LogP contribution in [0.4, 0.5) is 0 Å². The second kappa shape index (κ2) is 11.8. The number of ether oxygens (including phenoxy) is 1. The zero-order valence-corrected chi connectivity index (χ0v) is 18.5. The highest BCUT2D eigenvalue weighted by Crippen LogP contribution is 2.11. The number of thiocarbonyl (C=S) groups is 1. The monoisotopic (exact) mass is 439 g/mol. The Morgan fingerprint density at radius 2 is 2.07 bits per heavy atom. The predicted octanol–water partition coefficient (Wildman–Crippen LogP) is -0.725. The van der Waals surface area contributed by atoms with E-state index in [4.69, 9.17) is 17.0 Å². The molecule has 0 spiro atoms. The predicted molar refractivity (Wildman–Crippen MR) is 116 cm³/mol. The van der Waals surface area contributed by atoms with Crippen molar-refractivity contribution in [3.63, 3.8) is 0 Å². The van der Waals surface area contributed by atoms with E-state index in [9.17, 15) is 8.42 Å². The topological polar surface area (TPSA) is 119 Å². The lowest BCUT2D eigenvalue weighted by atomic mass is 10.1. The lowest BCUT2D eigenvalue weighted by molar-refractivity contribution is 0.0389. The standard InChI is InChI=1S/C14H29N7O3S3/c1-5-15-13(25)19-17-10(3)12(18-20-14(26)16-6-2)11-9-21(7-8-24-11)27(4,22)23/h11,14,16,20,26H,5-9H2,1-4H3,(H2,15,19,25)/b17-10-,18-12-. The summed E-state index contributed by atoms with van der Waals surface area (Å²) in [6.45, 7) is 7.72. The molecule has 13 heteroatoms. The van der Waals surface area contributed by atoms with Crippen molar-refractivity contribution >= 4 is 51.4 Å². The van der Waals surface area contributed by atoms with Crippen molar-refractivity contribution in [3.05, 3.63) is 0 Å². The van der Waals surface area contributed by atoms with Crippen LogP contribution in [-0.4, -0.2) is 79.9 Å². The van der Waals surface area contributed by atoms with Gasteiger partial charge in [-0.3, -0.25) is 16.2 Å². The Hall–Kier alpha value is -0.990. The Balaban J connectivity index is 3.00. The number of nitrogens with one attached hydrogen (secondary N) is 4. The Morgan fingerprint density at radius 1 is 1.37 bits per heavy atom. The quantitative estimate of drug-likeness (QED) is 0.105. The van der Waals surface area contributed by atoms with Crippen LogP contribution in [0, 0.1) is 0 Å². The van der Waals surface area contributed by atoms with Gasteiger partial charge in [0, 0.05) is 19.6 Å². The molecule has 0 radical (unpaired) electrons. The van der Waals surface area contributed by atoms with Gasteiger partial charge in [0.15, 0.2) is 5.11 Å². The van der Waals surface area contributed by atoms with Gasteiger partial charge in [-0.15, -0.1) is 12.6 Å². The van der Waals surface area contributed by atoms with Gasteiger partial charge in [-0.1, -0.05) is 6.92 Å². The van der Waals surface area contributed by atoms with Gasteiger partial charge in [0.2, 0.25) is 10.0 Å². The maximum Gasteiger partial charge on any atom is 0.211 e. The number of hydrogen-bond acceptors (Lipinski definition) is 9. The molecule has 1 heterocycles. The van der Waals surface area contributed by atoms with Crippen molar-refractivity contribution in [1.29, 1.82) is 0 Å². The SMILES string of the molecule is CCNC(=S)N/N=C(C)\C(=N\NC(S)NCC)C1CN(S(C)(=O)=O)CCO1. The van der Waals surface area contributed by atoms with E-state index in [2.05, 4.69) is 44.3 Å². The molecule has 1 saturated heterocycles. The molecule has 1 rings (SSSR count). The molecule has 2 unspecified atom stereocenters. The van der Waals surface area contributed by atoms with Crippen molar-refractivity contribution in [2.24, 2.45) is 10.2 Å². The number of hydrogen-bond donors (Lipinski definition) is 5. The van der Waals surface area contributed by atoms with Crippen molar-refractivity contribution in [3.8, 4) is 0 Å². The first-order chi connectivity index (χ1) is 12.7. The van der Waals surface area contributed by atoms with E-state index in [0.29, 0.717) is 36.2 Å². The highest BCUT2D eigenvalue weighted by molar-refractivity contribution is 7.88. The number of nitrogens with zero attached hydrogens (tertiary/aromatic N) is 3. The van der Waals surface area contributed by atoms with E-state index in [0.717, 1.165) is 0 Å². The van der Waals surface area contributed by atoms with E-state index in [1.54, 1.807) is 6.92 Å². The zero-order chi connectivity index (χ0) is 20.4. The van der Waals surface area contributed by atoms with Gasteiger partial charge in [0.05, 0.1) is 18.6 Å². The molecular formula is C14H29N7O3S3. The molecule has 0 aromatic carbocycles. The summed E-state index contributed by atoms with van der Waals surface area (Å²) >= 11 is 9.43. The third-order valence-corrected chi connectivity index (χ3v) is 5.34. The third kappa shape index (κ3) is 8.70. The second-order valence-corrected chi connectivity index (χ2v) is 8.64. The molecule has 1 aliphatic rings. The number of rotatable bonds is 9. The van der Waals surface area contributed by atoms with Crippen LogP contribution >= 0.6 is 24.8 Å². The summed E-state index contributed by atoms with van der Waals surface area (Å²) in [7, 11) is -3.33. The van der Waals surface area contributed by atoms with Crippen molar-refractivity contribution < 1.29 is 13.2 Å². The number of thiol groups is 1. The summed E-state index contributed by atoms with van der Waals surface area (Å²) in [5, 5.41) is 14.9. The van der Waals surface area contributed by atoms with Gasteiger partial charge in [-0.25, -0.2) is 8.42 Å². The van der Waals surface area contributed by atoms with Crippen molar-refractivity contribution in [1.82, 2.24) is 25.8 Å². The first-order valence-corrected chi connectivity index (χ1v) is 11.4. The molecule has 10 nitrogen and oxygen atoms in total. The van der Waals surface area contributed by atoms with Gasteiger partial charge >= 0.3 is 0 Å². The van der Waals surface area contributed by atoms with E-state index in [-0.39, 0.29) is 18.6 Å². The first-order valence-electron chi connectivity index (χ1n) is 8.58. The molecule has 2 atom stereocenters. The van der Waals surface area contributed by atoms with Crippen LogP contribution in [0.2, 0.25) is 0 Å². The van der Waals surface area contributed by atoms with E-state index >= 15 is 0 Å². The highest BCUT2D eigenvalue weighted by Gasteiger charge is 2.31. The molecule has 4 N–H and O–H groups in total. The van der Waals surface area contributed by atoms with Crippen LogP contribution in [0.1, 0.15) is 20.8 Å². The van der Waals surface area contributed by atoms with Crippen LogP contribution in [0.3, 0.4) is 0 Å². The van der Waals surface area contributed by atoms with Crippen LogP contribution < -0.4 is 21.5 Å². The fourth-order valence-corrected chi connectivity index (χ4v) is 3.48. The van der Waals surface area contributed by atoms with Crippen LogP contribution in [-0.2, 0) is 14.8 Å². The molecule has 0 aromatic heterocycles. The third-order valence-electron chi connectivity index (χ3n) is 3.54. The zero-order valence-electron chi connectivity index (χ0n) is 16.0. The summed E-state index contributed by atoms with van der Waals surface area (Å²) in [5.41, 5.74) is 6.21. The van der Waals surface area contributed by atoms with Crippen LogP contribution in [0.5, 0.6) is 0 Å². The van der Waals surface area contributed by atoms with E-state index in [1.807, 2.05) is 13.8 Å². The van der Waals surface area contributed by atoms with Gasteiger partial charge in [0.25, 0.3) is 0 Å².